The lowest BCUT2D eigenvalue weighted by Gasteiger charge is -2.14. The van der Waals surface area contributed by atoms with Crippen molar-refractivity contribution in [1.29, 1.82) is 0 Å². The first-order valence-corrected chi connectivity index (χ1v) is 6.53. The van der Waals surface area contributed by atoms with Crippen LogP contribution in [0.1, 0.15) is 45.2 Å². The van der Waals surface area contributed by atoms with E-state index in [-0.39, 0.29) is 6.04 Å². The van der Waals surface area contributed by atoms with Gasteiger partial charge in [-0.1, -0.05) is 32.9 Å². The number of rotatable bonds is 5. The lowest BCUT2D eigenvalue weighted by atomic mass is 9.98. The van der Waals surface area contributed by atoms with Crippen LogP contribution in [0.2, 0.25) is 0 Å². The minimum atomic E-state index is 0.172. The SMILES string of the molecule is CCCOc1ccc(C(N)C2CC2(C)C)cc1. The molecule has 0 aliphatic heterocycles. The third-order valence-corrected chi connectivity index (χ3v) is 3.76. The van der Waals surface area contributed by atoms with Gasteiger partial charge in [0.1, 0.15) is 5.75 Å². The third-order valence-electron chi connectivity index (χ3n) is 3.76. The molecule has 1 aliphatic rings. The van der Waals surface area contributed by atoms with Crippen molar-refractivity contribution >= 4 is 0 Å². The van der Waals surface area contributed by atoms with E-state index in [1.165, 1.54) is 12.0 Å². The maximum Gasteiger partial charge on any atom is 0.119 e. The number of ether oxygens (including phenoxy) is 1. The van der Waals surface area contributed by atoms with Crippen LogP contribution in [0.3, 0.4) is 0 Å². The molecule has 2 rings (SSSR count). The van der Waals surface area contributed by atoms with Gasteiger partial charge in [0.05, 0.1) is 6.61 Å². The predicted molar refractivity (Wildman–Crippen MR) is 71.0 cm³/mol. The van der Waals surface area contributed by atoms with Gasteiger partial charge >= 0.3 is 0 Å². The van der Waals surface area contributed by atoms with Crippen molar-refractivity contribution in [2.75, 3.05) is 6.61 Å². The van der Waals surface area contributed by atoms with Gasteiger partial charge in [-0.3, -0.25) is 0 Å². The summed E-state index contributed by atoms with van der Waals surface area (Å²) in [4.78, 5) is 0. The molecule has 2 heteroatoms. The zero-order valence-electron chi connectivity index (χ0n) is 11.1. The summed E-state index contributed by atoms with van der Waals surface area (Å²) in [5, 5.41) is 0. The molecule has 17 heavy (non-hydrogen) atoms. The Morgan fingerprint density at radius 2 is 1.94 bits per heavy atom. The highest BCUT2D eigenvalue weighted by molar-refractivity contribution is 5.30. The second kappa shape index (κ2) is 4.69. The van der Waals surface area contributed by atoms with E-state index in [1.807, 2.05) is 12.1 Å². The molecule has 1 saturated carbocycles. The zero-order valence-corrected chi connectivity index (χ0v) is 11.1. The Morgan fingerprint density at radius 1 is 1.35 bits per heavy atom. The van der Waals surface area contributed by atoms with E-state index in [9.17, 15) is 0 Å². The minimum Gasteiger partial charge on any atom is -0.494 e. The summed E-state index contributed by atoms with van der Waals surface area (Å²) in [6.45, 7) is 7.47. The van der Waals surface area contributed by atoms with Crippen LogP contribution >= 0.6 is 0 Å². The highest BCUT2D eigenvalue weighted by Crippen LogP contribution is 2.56. The quantitative estimate of drug-likeness (QED) is 0.844. The van der Waals surface area contributed by atoms with E-state index in [0.29, 0.717) is 11.3 Å². The van der Waals surface area contributed by atoms with Gasteiger partial charge in [0.2, 0.25) is 0 Å². The fourth-order valence-corrected chi connectivity index (χ4v) is 2.36. The summed E-state index contributed by atoms with van der Waals surface area (Å²) in [6.07, 6.45) is 2.28. The molecule has 1 fully saturated rings. The largest absolute Gasteiger partial charge is 0.494 e. The first kappa shape index (κ1) is 12.4. The van der Waals surface area contributed by atoms with Gasteiger partial charge in [-0.15, -0.1) is 0 Å². The number of hydrogen-bond acceptors (Lipinski definition) is 2. The van der Waals surface area contributed by atoms with Gasteiger partial charge in [-0.2, -0.15) is 0 Å². The maximum absolute atomic E-state index is 6.29. The Bertz CT molecular complexity index is 369. The molecular weight excluding hydrogens is 210 g/mol. The average Bonchev–Trinajstić information content (AvgIpc) is 2.95. The lowest BCUT2D eigenvalue weighted by molar-refractivity contribution is 0.317. The van der Waals surface area contributed by atoms with E-state index in [4.69, 9.17) is 10.5 Å². The molecule has 0 radical (unpaired) electrons. The van der Waals surface area contributed by atoms with E-state index in [1.54, 1.807) is 0 Å². The molecule has 2 nitrogen and oxygen atoms in total. The van der Waals surface area contributed by atoms with Gasteiger partial charge in [-0.25, -0.2) is 0 Å². The summed E-state index contributed by atoms with van der Waals surface area (Å²) < 4.78 is 5.57. The average molecular weight is 233 g/mol. The summed E-state index contributed by atoms with van der Waals surface area (Å²) in [5.41, 5.74) is 7.94. The molecule has 94 valence electrons. The van der Waals surface area contributed by atoms with Crippen LogP contribution in [0.4, 0.5) is 0 Å². The van der Waals surface area contributed by atoms with Gasteiger partial charge < -0.3 is 10.5 Å². The van der Waals surface area contributed by atoms with Crippen LogP contribution in [0.5, 0.6) is 5.75 Å². The molecule has 0 amide bonds. The zero-order chi connectivity index (χ0) is 12.5. The summed E-state index contributed by atoms with van der Waals surface area (Å²) in [6, 6.07) is 8.43. The van der Waals surface area contributed by atoms with Crippen molar-refractivity contribution < 1.29 is 4.74 Å². The molecule has 1 aromatic rings. The fraction of sp³-hybridized carbons (Fsp3) is 0.600. The summed E-state index contributed by atoms with van der Waals surface area (Å²) >= 11 is 0. The van der Waals surface area contributed by atoms with Crippen molar-refractivity contribution in [2.45, 2.75) is 39.7 Å². The number of benzene rings is 1. The monoisotopic (exact) mass is 233 g/mol. The number of nitrogens with two attached hydrogens (primary N) is 1. The highest BCUT2D eigenvalue weighted by Gasteiger charge is 2.49. The molecule has 1 aliphatic carbocycles. The van der Waals surface area contributed by atoms with Crippen LogP contribution in [0, 0.1) is 11.3 Å². The van der Waals surface area contributed by atoms with Gasteiger partial charge in [0, 0.05) is 6.04 Å². The van der Waals surface area contributed by atoms with E-state index >= 15 is 0 Å². The van der Waals surface area contributed by atoms with Crippen molar-refractivity contribution in [3.8, 4) is 5.75 Å². The molecule has 0 saturated heterocycles. The highest BCUT2D eigenvalue weighted by atomic mass is 16.5. The standard InChI is InChI=1S/C15H23NO/c1-4-9-17-12-7-5-11(6-8-12)14(16)13-10-15(13,2)3/h5-8,13-14H,4,9-10,16H2,1-3H3. The maximum atomic E-state index is 6.29. The van der Waals surface area contributed by atoms with E-state index in [2.05, 4.69) is 32.9 Å². The summed E-state index contributed by atoms with van der Waals surface area (Å²) in [5.74, 6) is 1.57. The van der Waals surface area contributed by atoms with Gasteiger partial charge in [0.25, 0.3) is 0 Å². The van der Waals surface area contributed by atoms with E-state index in [0.717, 1.165) is 18.8 Å². The molecule has 2 unspecified atom stereocenters. The van der Waals surface area contributed by atoms with Crippen LogP contribution in [0.25, 0.3) is 0 Å². The second-order valence-electron chi connectivity index (χ2n) is 5.74. The van der Waals surface area contributed by atoms with Crippen LogP contribution in [-0.4, -0.2) is 6.61 Å². The normalized spacial score (nSPS) is 23.2. The Kier molecular flexibility index (Phi) is 3.43. The van der Waals surface area contributed by atoms with Crippen molar-refractivity contribution in [2.24, 2.45) is 17.1 Å². The van der Waals surface area contributed by atoms with Crippen molar-refractivity contribution in [1.82, 2.24) is 0 Å². The molecule has 2 N–H and O–H groups in total. The number of hydrogen-bond donors (Lipinski definition) is 1. The van der Waals surface area contributed by atoms with Crippen LogP contribution in [0.15, 0.2) is 24.3 Å². The Balaban J connectivity index is 1.98. The van der Waals surface area contributed by atoms with Crippen LogP contribution < -0.4 is 10.5 Å². The lowest BCUT2D eigenvalue weighted by Crippen LogP contribution is -2.15. The summed E-state index contributed by atoms with van der Waals surface area (Å²) in [7, 11) is 0. The van der Waals surface area contributed by atoms with Gasteiger partial charge in [0.15, 0.2) is 0 Å². The molecular formula is C15H23NO. The smallest absolute Gasteiger partial charge is 0.119 e. The third kappa shape index (κ3) is 2.81. The predicted octanol–water partition coefficient (Wildman–Crippen LogP) is 3.52. The second-order valence-corrected chi connectivity index (χ2v) is 5.74. The first-order chi connectivity index (χ1) is 8.04. The Hall–Kier alpha value is -1.02. The Morgan fingerprint density at radius 3 is 2.41 bits per heavy atom. The first-order valence-electron chi connectivity index (χ1n) is 6.53. The molecule has 0 spiro atoms. The van der Waals surface area contributed by atoms with E-state index < -0.39 is 0 Å². The Labute approximate surface area is 104 Å². The molecule has 1 aromatic carbocycles. The topological polar surface area (TPSA) is 35.2 Å². The molecule has 0 aromatic heterocycles. The molecule has 0 bridgehead atoms. The van der Waals surface area contributed by atoms with Crippen molar-refractivity contribution in [3.63, 3.8) is 0 Å². The van der Waals surface area contributed by atoms with Crippen molar-refractivity contribution in [3.05, 3.63) is 29.8 Å². The fourth-order valence-electron chi connectivity index (χ4n) is 2.36. The van der Waals surface area contributed by atoms with Gasteiger partial charge in [-0.05, 0) is 41.9 Å². The minimum absolute atomic E-state index is 0.172. The molecule has 0 heterocycles. The van der Waals surface area contributed by atoms with Crippen LogP contribution in [-0.2, 0) is 0 Å². The molecule has 2 atom stereocenters.